The third-order valence-electron chi connectivity index (χ3n) is 0.192. The monoisotopic (exact) mass is 118 g/mol. The summed E-state index contributed by atoms with van der Waals surface area (Å²) in [7, 11) is 0. The molecule has 0 bridgehead atoms. The molecule has 0 aromatic rings. The summed E-state index contributed by atoms with van der Waals surface area (Å²) in [5, 5.41) is 0. The molecular formula is C5H10O3. The Balaban J connectivity index is -0.0000000750. The lowest BCUT2D eigenvalue weighted by molar-refractivity contribution is -0.114. The summed E-state index contributed by atoms with van der Waals surface area (Å²) in [4.78, 5) is 26.3. The summed E-state index contributed by atoms with van der Waals surface area (Å²) in [5.41, 5.74) is 0. The van der Waals surface area contributed by atoms with Gasteiger partial charge in [-0.3, -0.25) is 0 Å². The Hall–Kier alpha value is -0.990. The van der Waals surface area contributed by atoms with Crippen LogP contribution in [0.25, 0.3) is 0 Å². The molecular weight excluding hydrogens is 108 g/mol. The van der Waals surface area contributed by atoms with Gasteiger partial charge in [0.1, 0.15) is 19.4 Å². The molecule has 0 fully saturated rings. The van der Waals surface area contributed by atoms with Crippen LogP contribution in [0.3, 0.4) is 0 Å². The second-order valence-corrected chi connectivity index (χ2v) is 0.569. The van der Waals surface area contributed by atoms with Gasteiger partial charge in [0.2, 0.25) is 0 Å². The second kappa shape index (κ2) is 37.3. The number of rotatable bonds is 2. The average molecular weight is 118 g/mol. The van der Waals surface area contributed by atoms with Crippen LogP contribution in [0.15, 0.2) is 0 Å². The first kappa shape index (κ1) is 15.7. The van der Waals surface area contributed by atoms with Crippen LogP contribution in [-0.2, 0) is 14.4 Å². The minimum Gasteiger partial charge on any atom is -0.307 e. The van der Waals surface area contributed by atoms with Crippen LogP contribution in [0, 0.1) is 0 Å². The van der Waals surface area contributed by atoms with E-state index in [1.54, 1.807) is 0 Å². The van der Waals surface area contributed by atoms with E-state index in [9.17, 15) is 9.59 Å². The van der Waals surface area contributed by atoms with Gasteiger partial charge in [0.25, 0.3) is 0 Å². The van der Waals surface area contributed by atoms with E-state index in [2.05, 4.69) is 0 Å². The van der Waals surface area contributed by atoms with Gasteiger partial charge in [-0.15, -0.1) is 0 Å². The summed E-state index contributed by atoms with van der Waals surface area (Å²) in [6.45, 7) is 2.00. The fraction of sp³-hybridized carbons (Fsp3) is 0.400. The van der Waals surface area contributed by atoms with Crippen molar-refractivity contribution in [3.05, 3.63) is 0 Å². The third-order valence-corrected chi connectivity index (χ3v) is 0.192. The van der Waals surface area contributed by atoms with Crippen LogP contribution >= 0.6 is 0 Å². The maximum absolute atomic E-state index is 9.17. The van der Waals surface area contributed by atoms with Crippen molar-refractivity contribution in [3.8, 4) is 0 Å². The molecule has 0 amide bonds. The van der Waals surface area contributed by atoms with Crippen molar-refractivity contribution in [2.24, 2.45) is 0 Å². The van der Waals surface area contributed by atoms with Crippen LogP contribution in [0.4, 0.5) is 0 Å². The van der Waals surface area contributed by atoms with Crippen molar-refractivity contribution in [1.82, 2.24) is 0 Å². The smallest absolute Gasteiger partial charge is 0.127 e. The lowest BCUT2D eigenvalue weighted by Crippen LogP contribution is -1.69. The molecule has 0 spiro atoms. The molecule has 8 heavy (non-hydrogen) atoms. The highest BCUT2D eigenvalue weighted by atomic mass is 16.1. The first-order chi connectivity index (χ1) is 3.41. The van der Waals surface area contributed by atoms with E-state index >= 15 is 0 Å². The Bertz CT molecular complexity index is 45.6. The molecule has 0 aromatic carbocycles. The van der Waals surface area contributed by atoms with Gasteiger partial charge in [-0.05, 0) is 0 Å². The minimum absolute atomic E-state index is 0. The summed E-state index contributed by atoms with van der Waals surface area (Å²) < 4.78 is 0. The van der Waals surface area contributed by atoms with Gasteiger partial charge >= 0.3 is 0 Å². The van der Waals surface area contributed by atoms with Gasteiger partial charge in [-0.1, -0.05) is 7.43 Å². The Labute approximate surface area is 48.7 Å². The molecule has 0 saturated carbocycles. The molecule has 0 aliphatic rings. The SMILES string of the molecule is C.C=O.O=CCC=O. The van der Waals surface area contributed by atoms with Gasteiger partial charge in [-0.2, -0.15) is 0 Å². The van der Waals surface area contributed by atoms with Gasteiger partial charge in [-0.25, -0.2) is 0 Å². The zero-order chi connectivity index (χ0) is 6.12. The van der Waals surface area contributed by atoms with Crippen molar-refractivity contribution in [2.75, 3.05) is 0 Å². The Morgan fingerprint density at radius 2 is 1.38 bits per heavy atom. The number of carbonyl (C=O) groups is 3. The van der Waals surface area contributed by atoms with Gasteiger partial charge in [0.05, 0.1) is 6.42 Å². The highest BCUT2D eigenvalue weighted by Gasteiger charge is 1.65. The summed E-state index contributed by atoms with van der Waals surface area (Å²) in [5.74, 6) is 0. The van der Waals surface area contributed by atoms with E-state index in [0.717, 1.165) is 0 Å². The predicted octanol–water partition coefficient (Wildman–Crippen LogP) is 0.226. The Kier molecular flexibility index (Phi) is 73.5. The van der Waals surface area contributed by atoms with Crippen molar-refractivity contribution in [1.29, 1.82) is 0 Å². The summed E-state index contributed by atoms with van der Waals surface area (Å²) >= 11 is 0. The molecule has 48 valence electrons. The quantitative estimate of drug-likeness (QED) is 0.385. The van der Waals surface area contributed by atoms with Crippen molar-refractivity contribution in [3.63, 3.8) is 0 Å². The highest BCUT2D eigenvalue weighted by Crippen LogP contribution is 1.50. The zero-order valence-corrected chi connectivity index (χ0v) is 3.79. The summed E-state index contributed by atoms with van der Waals surface area (Å²) in [6.07, 6.45) is 1.15. The predicted molar refractivity (Wildman–Crippen MR) is 30.6 cm³/mol. The minimum atomic E-state index is 0. The fourth-order valence-corrected chi connectivity index (χ4v) is 0.0393. The molecule has 0 aliphatic carbocycles. The molecule has 0 atom stereocenters. The number of hydrogen-bond donors (Lipinski definition) is 0. The van der Waals surface area contributed by atoms with Crippen molar-refractivity contribution < 1.29 is 14.4 Å². The lowest BCUT2D eigenvalue weighted by Gasteiger charge is -1.53. The van der Waals surface area contributed by atoms with Gasteiger partial charge in [0, 0.05) is 0 Å². The highest BCUT2D eigenvalue weighted by molar-refractivity contribution is 5.72. The van der Waals surface area contributed by atoms with E-state index < -0.39 is 0 Å². The standard InChI is InChI=1S/C3H4O2.CH2O.CH4/c4-2-1-3-5;1-2;/h2-3H,1H2;1H2;1H4. The lowest BCUT2D eigenvalue weighted by atomic mass is 10.6. The molecule has 3 heteroatoms. The molecule has 0 heterocycles. The first-order valence-electron chi connectivity index (χ1n) is 1.58. The number of hydrogen-bond acceptors (Lipinski definition) is 3. The number of aldehydes is 2. The van der Waals surface area contributed by atoms with E-state index in [0.29, 0.717) is 12.6 Å². The Morgan fingerprint density at radius 3 is 1.38 bits per heavy atom. The first-order valence-corrected chi connectivity index (χ1v) is 1.58. The van der Waals surface area contributed by atoms with Gasteiger partial charge in [0.15, 0.2) is 0 Å². The molecule has 0 saturated heterocycles. The molecule has 0 rings (SSSR count). The van der Waals surface area contributed by atoms with E-state index in [1.807, 2.05) is 6.79 Å². The normalized spacial score (nSPS) is 4.50. The van der Waals surface area contributed by atoms with Crippen LogP contribution in [0.5, 0.6) is 0 Å². The second-order valence-electron chi connectivity index (χ2n) is 0.569. The van der Waals surface area contributed by atoms with Crippen LogP contribution in [0.1, 0.15) is 13.8 Å². The zero-order valence-electron chi connectivity index (χ0n) is 3.79. The molecule has 0 unspecified atom stereocenters. The topological polar surface area (TPSA) is 51.2 Å². The number of carbonyl (C=O) groups excluding carboxylic acids is 3. The van der Waals surface area contributed by atoms with Crippen molar-refractivity contribution in [2.45, 2.75) is 13.8 Å². The fourth-order valence-electron chi connectivity index (χ4n) is 0.0393. The summed E-state index contributed by atoms with van der Waals surface area (Å²) in [6, 6.07) is 0. The third kappa shape index (κ3) is 79.0. The van der Waals surface area contributed by atoms with E-state index in [4.69, 9.17) is 4.79 Å². The molecule has 0 aromatic heterocycles. The van der Waals surface area contributed by atoms with Gasteiger partial charge < -0.3 is 14.4 Å². The molecule has 0 aliphatic heterocycles. The molecule has 0 radical (unpaired) electrons. The van der Waals surface area contributed by atoms with Crippen LogP contribution < -0.4 is 0 Å². The maximum Gasteiger partial charge on any atom is 0.127 e. The van der Waals surface area contributed by atoms with Crippen LogP contribution in [0.2, 0.25) is 0 Å². The average Bonchev–Trinajstić information content (AvgIpc) is 1.75. The van der Waals surface area contributed by atoms with E-state index in [-0.39, 0.29) is 13.8 Å². The molecule has 3 nitrogen and oxygen atoms in total. The molecule has 0 N–H and O–H groups in total. The largest absolute Gasteiger partial charge is 0.307 e. The maximum atomic E-state index is 9.17. The Morgan fingerprint density at radius 1 is 1.12 bits per heavy atom. The van der Waals surface area contributed by atoms with Crippen LogP contribution in [-0.4, -0.2) is 19.4 Å². The van der Waals surface area contributed by atoms with E-state index in [1.165, 1.54) is 0 Å². The van der Waals surface area contributed by atoms with Crippen molar-refractivity contribution >= 4 is 19.4 Å².